The van der Waals surface area contributed by atoms with Crippen molar-refractivity contribution < 1.29 is 18.7 Å². The Hall–Kier alpha value is -1.46. The highest BCUT2D eigenvalue weighted by molar-refractivity contribution is 5.78. The van der Waals surface area contributed by atoms with Crippen molar-refractivity contribution >= 4 is 5.91 Å². The fourth-order valence-electron chi connectivity index (χ4n) is 1.88. The number of halogens is 1. The van der Waals surface area contributed by atoms with Gasteiger partial charge in [0.2, 0.25) is 5.91 Å². The molecule has 104 valence electrons. The highest BCUT2D eigenvalue weighted by Crippen LogP contribution is 2.07. The van der Waals surface area contributed by atoms with Crippen molar-refractivity contribution in [1.82, 2.24) is 5.32 Å². The Morgan fingerprint density at radius 3 is 2.63 bits per heavy atom. The van der Waals surface area contributed by atoms with Gasteiger partial charge in [-0.2, -0.15) is 0 Å². The molecule has 0 aromatic heterocycles. The highest BCUT2D eigenvalue weighted by Gasteiger charge is 2.14. The van der Waals surface area contributed by atoms with E-state index in [1.165, 1.54) is 12.1 Å². The van der Waals surface area contributed by atoms with Crippen molar-refractivity contribution in [2.45, 2.75) is 25.6 Å². The number of hydrogen-bond acceptors (Lipinski definition) is 3. The normalized spacial score (nSPS) is 16.3. The molecule has 5 heteroatoms. The smallest absolute Gasteiger partial charge is 0.224 e. The predicted octanol–water partition coefficient (Wildman–Crippen LogP) is 1.64. The summed E-state index contributed by atoms with van der Waals surface area (Å²) < 4.78 is 23.5. The zero-order chi connectivity index (χ0) is 13.5. The average Bonchev–Trinajstić information content (AvgIpc) is 2.43. The van der Waals surface area contributed by atoms with Crippen LogP contribution in [0.5, 0.6) is 0 Å². The van der Waals surface area contributed by atoms with Crippen LogP contribution in [-0.4, -0.2) is 32.0 Å². The first-order valence-corrected chi connectivity index (χ1v) is 6.48. The molecule has 1 aromatic carbocycles. The molecule has 0 radical (unpaired) electrons. The predicted molar refractivity (Wildman–Crippen MR) is 68.0 cm³/mol. The van der Waals surface area contributed by atoms with Gasteiger partial charge in [-0.1, -0.05) is 12.1 Å². The Labute approximate surface area is 111 Å². The number of rotatable bonds is 5. The number of hydrogen-bond donors (Lipinski definition) is 1. The van der Waals surface area contributed by atoms with Gasteiger partial charge >= 0.3 is 0 Å². The van der Waals surface area contributed by atoms with Gasteiger partial charge in [-0.3, -0.25) is 4.79 Å². The molecule has 1 fully saturated rings. The third-order valence-corrected chi connectivity index (χ3v) is 2.88. The number of benzene rings is 1. The van der Waals surface area contributed by atoms with Crippen molar-refractivity contribution in [3.8, 4) is 0 Å². The second kappa shape index (κ2) is 7.21. The molecular formula is C14H18FNO3. The minimum atomic E-state index is -0.296. The molecule has 1 aliphatic rings. The summed E-state index contributed by atoms with van der Waals surface area (Å²) in [7, 11) is 0. The van der Waals surface area contributed by atoms with Gasteiger partial charge in [-0.05, 0) is 24.1 Å². The van der Waals surface area contributed by atoms with Crippen LogP contribution in [0.15, 0.2) is 24.3 Å². The molecule has 1 saturated heterocycles. The topological polar surface area (TPSA) is 47.6 Å². The van der Waals surface area contributed by atoms with Crippen LogP contribution in [0.2, 0.25) is 0 Å². The third kappa shape index (κ3) is 4.96. The summed E-state index contributed by atoms with van der Waals surface area (Å²) in [6, 6.07) is 5.93. The summed E-state index contributed by atoms with van der Waals surface area (Å²) in [6.07, 6.45) is 1.62. The molecule has 0 bridgehead atoms. The molecular weight excluding hydrogens is 249 g/mol. The fourth-order valence-corrected chi connectivity index (χ4v) is 1.88. The van der Waals surface area contributed by atoms with Crippen molar-refractivity contribution in [2.75, 3.05) is 19.8 Å². The first-order chi connectivity index (χ1) is 9.24. The van der Waals surface area contributed by atoms with Gasteiger partial charge in [0.1, 0.15) is 5.82 Å². The first kappa shape index (κ1) is 14.0. The second-order valence-electron chi connectivity index (χ2n) is 4.47. The summed E-state index contributed by atoms with van der Waals surface area (Å²) in [5.41, 5.74) is 0.795. The van der Waals surface area contributed by atoms with Gasteiger partial charge in [-0.15, -0.1) is 0 Å². The van der Waals surface area contributed by atoms with Crippen LogP contribution in [0.1, 0.15) is 18.4 Å². The summed E-state index contributed by atoms with van der Waals surface area (Å²) in [5, 5.41) is 2.80. The zero-order valence-corrected chi connectivity index (χ0v) is 10.7. The van der Waals surface area contributed by atoms with E-state index in [9.17, 15) is 9.18 Å². The van der Waals surface area contributed by atoms with Crippen LogP contribution >= 0.6 is 0 Å². The molecule has 1 aliphatic heterocycles. The van der Waals surface area contributed by atoms with Crippen LogP contribution in [0.4, 0.5) is 4.39 Å². The van der Waals surface area contributed by atoms with Crippen molar-refractivity contribution in [2.24, 2.45) is 0 Å². The third-order valence-electron chi connectivity index (χ3n) is 2.88. The van der Waals surface area contributed by atoms with Gasteiger partial charge in [0.25, 0.3) is 0 Å². The van der Waals surface area contributed by atoms with Crippen molar-refractivity contribution in [3.63, 3.8) is 0 Å². The van der Waals surface area contributed by atoms with E-state index in [0.29, 0.717) is 26.2 Å². The molecule has 1 aromatic rings. The van der Waals surface area contributed by atoms with Crippen LogP contribution < -0.4 is 5.32 Å². The highest BCUT2D eigenvalue weighted by atomic mass is 19.1. The lowest BCUT2D eigenvalue weighted by atomic mass is 10.1. The minimum Gasteiger partial charge on any atom is -0.356 e. The van der Waals surface area contributed by atoms with E-state index in [1.807, 2.05) is 0 Å². The van der Waals surface area contributed by atoms with E-state index in [1.54, 1.807) is 12.1 Å². The Balaban J connectivity index is 1.65. The minimum absolute atomic E-state index is 0.0811. The largest absolute Gasteiger partial charge is 0.356 e. The summed E-state index contributed by atoms with van der Waals surface area (Å²) in [5.74, 6) is -0.377. The number of amides is 1. The van der Waals surface area contributed by atoms with Crippen molar-refractivity contribution in [3.05, 3.63) is 35.6 Å². The molecule has 0 unspecified atom stereocenters. The van der Waals surface area contributed by atoms with Crippen LogP contribution in [0.25, 0.3) is 0 Å². The van der Waals surface area contributed by atoms with Crippen LogP contribution in [0.3, 0.4) is 0 Å². The molecule has 2 rings (SSSR count). The molecule has 4 nitrogen and oxygen atoms in total. The maximum absolute atomic E-state index is 12.7. The monoisotopic (exact) mass is 267 g/mol. The quantitative estimate of drug-likeness (QED) is 0.882. The average molecular weight is 267 g/mol. The Bertz CT molecular complexity index is 402. The molecule has 19 heavy (non-hydrogen) atoms. The van der Waals surface area contributed by atoms with E-state index in [0.717, 1.165) is 12.0 Å². The SMILES string of the molecule is O=C(Cc1ccc(F)cc1)NCCC1OCCCO1. The number of carbonyl (C=O) groups excluding carboxylic acids is 1. The lowest BCUT2D eigenvalue weighted by Crippen LogP contribution is -2.32. The van der Waals surface area contributed by atoms with E-state index >= 15 is 0 Å². The summed E-state index contributed by atoms with van der Waals surface area (Å²) >= 11 is 0. The lowest BCUT2D eigenvalue weighted by molar-refractivity contribution is -0.180. The van der Waals surface area contributed by atoms with Gasteiger partial charge < -0.3 is 14.8 Å². The molecule has 0 aliphatic carbocycles. The van der Waals surface area contributed by atoms with Crippen LogP contribution in [0, 0.1) is 5.82 Å². The van der Waals surface area contributed by atoms with E-state index < -0.39 is 0 Å². The van der Waals surface area contributed by atoms with E-state index in [2.05, 4.69) is 5.32 Å². The number of carbonyl (C=O) groups is 1. The summed E-state index contributed by atoms with van der Waals surface area (Å²) in [6.45, 7) is 1.95. The molecule has 1 amide bonds. The maximum Gasteiger partial charge on any atom is 0.224 e. The molecule has 0 atom stereocenters. The number of ether oxygens (including phenoxy) is 2. The van der Waals surface area contributed by atoms with Crippen molar-refractivity contribution in [1.29, 1.82) is 0 Å². The summed E-state index contributed by atoms with van der Waals surface area (Å²) in [4.78, 5) is 11.7. The lowest BCUT2D eigenvalue weighted by Gasteiger charge is -2.23. The van der Waals surface area contributed by atoms with Gasteiger partial charge in [0, 0.05) is 13.0 Å². The molecule has 0 saturated carbocycles. The molecule has 1 heterocycles. The standard InChI is InChI=1S/C14H18FNO3/c15-12-4-2-11(3-5-12)10-13(17)16-7-6-14-18-8-1-9-19-14/h2-5,14H,1,6-10H2,(H,16,17). The van der Waals surface area contributed by atoms with Gasteiger partial charge in [0.05, 0.1) is 19.6 Å². The Kier molecular flexibility index (Phi) is 5.30. The zero-order valence-electron chi connectivity index (χ0n) is 10.7. The van der Waals surface area contributed by atoms with E-state index in [-0.39, 0.29) is 24.4 Å². The number of nitrogens with one attached hydrogen (secondary N) is 1. The molecule has 0 spiro atoms. The fraction of sp³-hybridized carbons (Fsp3) is 0.500. The van der Waals surface area contributed by atoms with Crippen LogP contribution in [-0.2, 0) is 20.7 Å². The second-order valence-corrected chi connectivity index (χ2v) is 4.47. The Morgan fingerprint density at radius 2 is 1.95 bits per heavy atom. The maximum atomic E-state index is 12.7. The van der Waals surface area contributed by atoms with Gasteiger partial charge in [0.15, 0.2) is 6.29 Å². The Morgan fingerprint density at radius 1 is 1.26 bits per heavy atom. The first-order valence-electron chi connectivity index (χ1n) is 6.48. The molecule has 1 N–H and O–H groups in total. The van der Waals surface area contributed by atoms with Gasteiger partial charge in [-0.25, -0.2) is 4.39 Å². The van der Waals surface area contributed by atoms with E-state index in [4.69, 9.17) is 9.47 Å².